The Balaban J connectivity index is 2.29. The van der Waals surface area contributed by atoms with Crippen LogP contribution in [0, 0.1) is 0 Å². The highest BCUT2D eigenvalue weighted by Crippen LogP contribution is 2.33. The Kier molecular flexibility index (Phi) is 3.04. The number of rotatable bonds is 2. The fourth-order valence-corrected chi connectivity index (χ4v) is 2.67. The lowest BCUT2D eigenvalue weighted by atomic mass is 10.1. The van der Waals surface area contributed by atoms with Crippen molar-refractivity contribution in [2.45, 2.75) is 19.4 Å². The van der Waals surface area contributed by atoms with Crippen molar-refractivity contribution in [3.05, 3.63) is 29.8 Å². The first-order chi connectivity index (χ1) is 7.53. The van der Waals surface area contributed by atoms with Crippen LogP contribution in [-0.4, -0.2) is 21.9 Å². The third-order valence-corrected chi connectivity index (χ3v) is 4.36. The predicted molar refractivity (Wildman–Crippen MR) is 73.8 cm³/mol. The van der Waals surface area contributed by atoms with E-state index in [0.29, 0.717) is 0 Å². The molecule has 0 N–H and O–H groups in total. The van der Waals surface area contributed by atoms with Crippen LogP contribution in [-0.2, 0) is 0 Å². The van der Waals surface area contributed by atoms with Gasteiger partial charge in [-0.05, 0) is 38.1 Å². The molecule has 0 saturated heterocycles. The molecule has 0 unspecified atom stereocenters. The number of benzene rings is 1. The molecule has 2 nitrogen and oxygen atoms in total. The zero-order valence-electron chi connectivity index (χ0n) is 9.48. The maximum absolute atomic E-state index is 5.30. The van der Waals surface area contributed by atoms with E-state index in [1.54, 1.807) is 18.9 Å². The third-order valence-electron chi connectivity index (χ3n) is 2.41. The highest BCUT2D eigenvalue weighted by Gasteiger charge is 2.31. The predicted octanol–water partition coefficient (Wildman–Crippen LogP) is 3.29. The molecular weight excluding hydrogens is 238 g/mol. The number of hydrogen-bond acceptors (Lipinski definition) is 4. The molecule has 0 saturated carbocycles. The lowest BCUT2D eigenvalue weighted by Crippen LogP contribution is -2.20. The minimum absolute atomic E-state index is 0.227. The van der Waals surface area contributed by atoms with Crippen molar-refractivity contribution in [2.24, 2.45) is 4.99 Å². The first-order valence-electron chi connectivity index (χ1n) is 4.99. The van der Waals surface area contributed by atoms with Gasteiger partial charge < -0.3 is 4.74 Å². The fraction of sp³-hybridized carbons (Fsp3) is 0.333. The quantitative estimate of drug-likeness (QED) is 0.753. The van der Waals surface area contributed by atoms with E-state index in [4.69, 9.17) is 17.0 Å². The van der Waals surface area contributed by atoms with Gasteiger partial charge in [0.25, 0.3) is 0 Å². The molecule has 2 rings (SSSR count). The summed E-state index contributed by atoms with van der Waals surface area (Å²) in [7, 11) is 1.66. The summed E-state index contributed by atoms with van der Waals surface area (Å²) in [6.07, 6.45) is 0. The molecule has 0 aromatic heterocycles. The smallest absolute Gasteiger partial charge is 0.118 e. The lowest BCUT2D eigenvalue weighted by molar-refractivity contribution is 0.415. The van der Waals surface area contributed by atoms with Gasteiger partial charge in [0, 0.05) is 5.56 Å². The molecule has 0 fully saturated rings. The summed E-state index contributed by atoms with van der Waals surface area (Å²) in [5, 5.41) is 0.998. The Morgan fingerprint density at radius 1 is 1.25 bits per heavy atom. The van der Waals surface area contributed by atoms with E-state index in [2.05, 4.69) is 4.99 Å². The van der Waals surface area contributed by atoms with E-state index < -0.39 is 0 Å². The Labute approximate surface area is 105 Å². The standard InChI is InChI=1S/C12H13NOS2/c1-12(2)11(15)16-10(13-12)8-4-6-9(14-3)7-5-8/h4-7H,1-3H3. The van der Waals surface area contributed by atoms with Crippen LogP contribution in [0.5, 0.6) is 5.75 Å². The van der Waals surface area contributed by atoms with Crippen molar-refractivity contribution in [1.29, 1.82) is 0 Å². The Morgan fingerprint density at radius 2 is 1.88 bits per heavy atom. The average molecular weight is 251 g/mol. The zero-order chi connectivity index (χ0) is 11.8. The van der Waals surface area contributed by atoms with Gasteiger partial charge in [0.1, 0.15) is 10.8 Å². The third kappa shape index (κ3) is 2.13. The van der Waals surface area contributed by atoms with Crippen molar-refractivity contribution in [3.8, 4) is 5.75 Å². The van der Waals surface area contributed by atoms with E-state index in [9.17, 15) is 0 Å². The van der Waals surface area contributed by atoms with Crippen LogP contribution >= 0.6 is 24.0 Å². The molecule has 4 heteroatoms. The molecule has 16 heavy (non-hydrogen) atoms. The molecule has 0 amide bonds. The summed E-state index contributed by atoms with van der Waals surface area (Å²) in [6.45, 7) is 4.08. The molecule has 0 radical (unpaired) electrons. The van der Waals surface area contributed by atoms with Crippen LogP contribution in [0.15, 0.2) is 29.3 Å². The number of hydrogen-bond donors (Lipinski definition) is 0. The fourth-order valence-electron chi connectivity index (χ4n) is 1.39. The first-order valence-corrected chi connectivity index (χ1v) is 6.22. The van der Waals surface area contributed by atoms with E-state index in [1.165, 1.54) is 0 Å². The van der Waals surface area contributed by atoms with Crippen LogP contribution < -0.4 is 4.74 Å². The zero-order valence-corrected chi connectivity index (χ0v) is 11.1. The number of methoxy groups -OCH3 is 1. The highest BCUT2D eigenvalue weighted by molar-refractivity contribution is 8.34. The second kappa shape index (κ2) is 4.18. The van der Waals surface area contributed by atoms with E-state index >= 15 is 0 Å². The molecule has 84 valence electrons. The molecular formula is C12H13NOS2. The first kappa shape index (κ1) is 11.6. The van der Waals surface area contributed by atoms with E-state index in [-0.39, 0.29) is 5.54 Å². The Morgan fingerprint density at radius 3 is 2.31 bits per heavy atom. The van der Waals surface area contributed by atoms with Gasteiger partial charge in [0.15, 0.2) is 0 Å². The summed E-state index contributed by atoms with van der Waals surface area (Å²) in [6, 6.07) is 7.89. The molecule has 0 bridgehead atoms. The van der Waals surface area contributed by atoms with Crippen LogP contribution in [0.1, 0.15) is 19.4 Å². The molecule has 1 aromatic carbocycles. The molecule has 1 aliphatic rings. The van der Waals surface area contributed by atoms with Crippen molar-refractivity contribution >= 4 is 33.2 Å². The number of thiocarbonyl (C=S) groups is 1. The number of ether oxygens (including phenoxy) is 1. The second-order valence-corrected chi connectivity index (χ2v) is 5.76. The maximum atomic E-state index is 5.30. The van der Waals surface area contributed by atoms with Crippen LogP contribution in [0.4, 0.5) is 0 Å². The molecule has 1 aromatic rings. The van der Waals surface area contributed by atoms with Gasteiger partial charge in [-0.25, -0.2) is 0 Å². The van der Waals surface area contributed by atoms with Gasteiger partial charge in [-0.15, -0.1) is 0 Å². The Bertz CT molecular complexity index is 449. The lowest BCUT2D eigenvalue weighted by Gasteiger charge is -2.10. The monoisotopic (exact) mass is 251 g/mol. The molecule has 1 heterocycles. The molecule has 0 atom stereocenters. The number of nitrogens with zero attached hydrogens (tertiary/aromatic N) is 1. The molecule has 0 spiro atoms. The Hall–Kier alpha value is -0.870. The van der Waals surface area contributed by atoms with Crippen LogP contribution in [0.2, 0.25) is 0 Å². The van der Waals surface area contributed by atoms with Gasteiger partial charge in [0.2, 0.25) is 0 Å². The van der Waals surface area contributed by atoms with Crippen molar-refractivity contribution in [1.82, 2.24) is 0 Å². The summed E-state index contributed by atoms with van der Waals surface area (Å²) in [5.74, 6) is 0.856. The largest absolute Gasteiger partial charge is 0.497 e. The van der Waals surface area contributed by atoms with Crippen molar-refractivity contribution in [2.75, 3.05) is 7.11 Å². The normalized spacial score (nSPS) is 18.4. The summed E-state index contributed by atoms with van der Waals surface area (Å²) >= 11 is 6.88. The van der Waals surface area contributed by atoms with Crippen molar-refractivity contribution in [3.63, 3.8) is 0 Å². The minimum atomic E-state index is -0.227. The van der Waals surface area contributed by atoms with Gasteiger partial charge in [0.05, 0.1) is 16.8 Å². The van der Waals surface area contributed by atoms with E-state index in [1.807, 2.05) is 38.1 Å². The van der Waals surface area contributed by atoms with E-state index in [0.717, 1.165) is 20.6 Å². The second-order valence-electron chi connectivity index (χ2n) is 4.09. The minimum Gasteiger partial charge on any atom is -0.497 e. The summed E-state index contributed by atoms with van der Waals surface area (Å²) in [5.41, 5.74) is 0.869. The van der Waals surface area contributed by atoms with Crippen molar-refractivity contribution < 1.29 is 4.74 Å². The SMILES string of the molecule is COc1ccc(C2=NC(C)(C)C(=S)S2)cc1. The van der Waals surface area contributed by atoms with Gasteiger partial charge in [-0.2, -0.15) is 0 Å². The average Bonchev–Trinajstić information content (AvgIpc) is 2.54. The van der Waals surface area contributed by atoms with Gasteiger partial charge in [-0.1, -0.05) is 24.0 Å². The number of aliphatic imine (C=N–C) groups is 1. The molecule has 1 aliphatic heterocycles. The van der Waals surface area contributed by atoms with Crippen LogP contribution in [0.3, 0.4) is 0 Å². The van der Waals surface area contributed by atoms with Crippen LogP contribution in [0.25, 0.3) is 0 Å². The summed E-state index contributed by atoms with van der Waals surface area (Å²) < 4.78 is 6.05. The number of thioether (sulfide) groups is 1. The maximum Gasteiger partial charge on any atom is 0.118 e. The van der Waals surface area contributed by atoms with Gasteiger partial charge >= 0.3 is 0 Å². The topological polar surface area (TPSA) is 21.6 Å². The molecule has 0 aliphatic carbocycles. The highest BCUT2D eigenvalue weighted by atomic mass is 32.2. The summed E-state index contributed by atoms with van der Waals surface area (Å²) in [4.78, 5) is 4.62. The van der Waals surface area contributed by atoms with Gasteiger partial charge in [-0.3, -0.25) is 4.99 Å².